The minimum atomic E-state index is -1.04. The number of nitrogens with zero attached hydrogens (tertiary/aromatic N) is 4. The lowest BCUT2D eigenvalue weighted by atomic mass is 9.98. The first-order valence-electron chi connectivity index (χ1n) is 14.6. The van der Waals surface area contributed by atoms with Crippen molar-refractivity contribution in [1.82, 2.24) is 14.9 Å². The summed E-state index contributed by atoms with van der Waals surface area (Å²) in [7, 11) is 1.62. The first kappa shape index (κ1) is 29.3. The molecule has 10 heteroatoms. The number of fused-ring (bicyclic) bond motifs is 1. The van der Waals surface area contributed by atoms with E-state index in [-0.39, 0.29) is 17.5 Å². The van der Waals surface area contributed by atoms with Crippen LogP contribution in [-0.2, 0) is 24.1 Å². The molecule has 5 rings (SSSR count). The smallest absolute Gasteiger partial charge is 0.339 e. The van der Waals surface area contributed by atoms with Crippen molar-refractivity contribution in [2.24, 2.45) is 11.7 Å². The average molecular weight is 574 g/mol. The fourth-order valence-electron chi connectivity index (χ4n) is 6.05. The molecule has 0 radical (unpaired) electrons. The van der Waals surface area contributed by atoms with Gasteiger partial charge in [0.25, 0.3) is 0 Å². The molecule has 42 heavy (non-hydrogen) atoms. The minimum Gasteiger partial charge on any atom is -0.496 e. The van der Waals surface area contributed by atoms with Crippen LogP contribution in [0.1, 0.15) is 46.4 Å². The van der Waals surface area contributed by atoms with E-state index in [1.54, 1.807) is 7.11 Å². The summed E-state index contributed by atoms with van der Waals surface area (Å²) in [6, 6.07) is 15.4. The third kappa shape index (κ3) is 6.82. The van der Waals surface area contributed by atoms with Crippen LogP contribution in [0.3, 0.4) is 0 Å². The van der Waals surface area contributed by atoms with Gasteiger partial charge in [-0.1, -0.05) is 36.8 Å². The normalized spacial score (nSPS) is 18.3. The lowest BCUT2D eigenvalue weighted by Crippen LogP contribution is -2.45. The molecule has 1 aromatic heterocycles. The fraction of sp³-hybridized carbons (Fsp3) is 0.438. The molecule has 2 aliphatic rings. The van der Waals surface area contributed by atoms with E-state index in [4.69, 9.17) is 20.2 Å². The van der Waals surface area contributed by atoms with Gasteiger partial charge < -0.3 is 30.1 Å². The number of likely N-dealkylation sites (tertiary alicyclic amines) is 1. The van der Waals surface area contributed by atoms with Gasteiger partial charge in [-0.15, -0.1) is 0 Å². The standard InChI is InChI=1S/C32H39N5O5/c1-41-29-8-3-2-6-23(29)18-30(38)37-16-5-4-7-24-20-36(21-28(24)37)32-34-19-26(31(39)40)27(35-32)14-11-22-9-12-25(13-10-22)42-17-15-33/h2-3,6,8-10,12-13,19,24,28H,4-5,7,11,14-18,20-21,33H2,1H3,(H,39,40)/t24-,28+/m1/s1. The maximum absolute atomic E-state index is 13.6. The molecule has 0 bridgehead atoms. The monoisotopic (exact) mass is 573 g/mol. The minimum absolute atomic E-state index is 0.0564. The number of anilines is 1. The molecule has 0 aliphatic carbocycles. The second kappa shape index (κ2) is 13.7. The molecule has 0 unspecified atom stereocenters. The summed E-state index contributed by atoms with van der Waals surface area (Å²) >= 11 is 0. The van der Waals surface area contributed by atoms with E-state index in [0.29, 0.717) is 56.5 Å². The molecule has 2 saturated heterocycles. The van der Waals surface area contributed by atoms with Crippen molar-refractivity contribution in [1.29, 1.82) is 0 Å². The quantitative estimate of drug-likeness (QED) is 0.354. The number of para-hydroxylation sites is 1. The zero-order chi connectivity index (χ0) is 29.5. The molecule has 3 heterocycles. The molecule has 3 aromatic rings. The van der Waals surface area contributed by atoms with Crippen LogP contribution in [0.5, 0.6) is 11.5 Å². The van der Waals surface area contributed by atoms with E-state index in [0.717, 1.165) is 55.0 Å². The zero-order valence-electron chi connectivity index (χ0n) is 24.1. The topological polar surface area (TPSA) is 131 Å². The van der Waals surface area contributed by atoms with Gasteiger partial charge in [-0.25, -0.2) is 14.8 Å². The summed E-state index contributed by atoms with van der Waals surface area (Å²) in [4.78, 5) is 39.0. The van der Waals surface area contributed by atoms with Gasteiger partial charge in [-0.3, -0.25) is 4.79 Å². The molecule has 2 aliphatic heterocycles. The van der Waals surface area contributed by atoms with E-state index in [2.05, 4.69) is 9.88 Å². The molecular formula is C32H39N5O5. The van der Waals surface area contributed by atoms with Crippen LogP contribution in [0.25, 0.3) is 0 Å². The highest BCUT2D eigenvalue weighted by molar-refractivity contribution is 5.88. The number of benzene rings is 2. The van der Waals surface area contributed by atoms with Crippen LogP contribution in [0.15, 0.2) is 54.7 Å². The second-order valence-corrected chi connectivity index (χ2v) is 10.9. The SMILES string of the molecule is COc1ccccc1CC(=O)N1CCCC[C@@H]2CN(c3ncc(C(=O)O)c(CCc4ccc(OCCN)cc4)n3)C[C@@H]21. The van der Waals surface area contributed by atoms with Gasteiger partial charge in [0.15, 0.2) is 0 Å². The number of aryl methyl sites for hydroxylation is 2. The first-order chi connectivity index (χ1) is 20.5. The fourth-order valence-corrected chi connectivity index (χ4v) is 6.05. The predicted octanol–water partition coefficient (Wildman–Crippen LogP) is 3.37. The Morgan fingerprint density at radius 3 is 2.64 bits per heavy atom. The number of hydrogen-bond donors (Lipinski definition) is 2. The summed E-state index contributed by atoms with van der Waals surface area (Å²) < 4.78 is 11.0. The number of ether oxygens (including phenoxy) is 2. The lowest BCUT2D eigenvalue weighted by molar-refractivity contribution is -0.132. The van der Waals surface area contributed by atoms with Gasteiger partial charge in [-0.2, -0.15) is 0 Å². The van der Waals surface area contributed by atoms with Crippen LogP contribution in [0, 0.1) is 5.92 Å². The number of aromatic carboxylic acids is 1. The molecule has 0 spiro atoms. The van der Waals surface area contributed by atoms with Crippen LogP contribution < -0.4 is 20.1 Å². The largest absolute Gasteiger partial charge is 0.496 e. The van der Waals surface area contributed by atoms with Gasteiger partial charge in [0.2, 0.25) is 11.9 Å². The van der Waals surface area contributed by atoms with Gasteiger partial charge in [-0.05, 0) is 55.4 Å². The van der Waals surface area contributed by atoms with Crippen LogP contribution in [-0.4, -0.2) is 77.8 Å². The number of methoxy groups -OCH3 is 1. The Morgan fingerprint density at radius 1 is 1.07 bits per heavy atom. The second-order valence-electron chi connectivity index (χ2n) is 10.9. The Hall–Kier alpha value is -4.18. The Morgan fingerprint density at radius 2 is 1.88 bits per heavy atom. The average Bonchev–Trinajstić information content (AvgIpc) is 3.32. The van der Waals surface area contributed by atoms with Crippen molar-refractivity contribution in [2.45, 2.75) is 44.6 Å². The number of carboxylic acids is 1. The van der Waals surface area contributed by atoms with Gasteiger partial charge >= 0.3 is 5.97 Å². The van der Waals surface area contributed by atoms with Gasteiger partial charge in [0.1, 0.15) is 18.1 Å². The van der Waals surface area contributed by atoms with E-state index in [9.17, 15) is 14.7 Å². The lowest BCUT2D eigenvalue weighted by Gasteiger charge is -2.30. The van der Waals surface area contributed by atoms with E-state index in [1.165, 1.54) is 6.20 Å². The van der Waals surface area contributed by atoms with Crippen molar-refractivity contribution in [2.75, 3.05) is 44.8 Å². The maximum Gasteiger partial charge on any atom is 0.339 e. The Bertz CT molecular complexity index is 1380. The summed E-state index contributed by atoms with van der Waals surface area (Å²) in [5.41, 5.74) is 8.06. The molecular weight excluding hydrogens is 534 g/mol. The van der Waals surface area contributed by atoms with Crippen molar-refractivity contribution >= 4 is 17.8 Å². The summed E-state index contributed by atoms with van der Waals surface area (Å²) in [5.74, 6) is 1.36. The number of amides is 1. The summed E-state index contributed by atoms with van der Waals surface area (Å²) in [5, 5.41) is 9.82. The molecule has 0 saturated carbocycles. The number of aromatic nitrogens is 2. The van der Waals surface area contributed by atoms with Crippen molar-refractivity contribution < 1.29 is 24.2 Å². The highest BCUT2D eigenvalue weighted by Gasteiger charge is 2.40. The van der Waals surface area contributed by atoms with Crippen molar-refractivity contribution in [3.63, 3.8) is 0 Å². The van der Waals surface area contributed by atoms with Crippen LogP contribution in [0.2, 0.25) is 0 Å². The Kier molecular flexibility index (Phi) is 9.53. The number of carboxylic acid groups (broad SMARTS) is 1. The summed E-state index contributed by atoms with van der Waals surface area (Å²) in [6.07, 6.45) is 5.88. The number of carbonyl (C=O) groups excluding carboxylic acids is 1. The number of carbonyl (C=O) groups is 2. The van der Waals surface area contributed by atoms with Gasteiger partial charge in [0, 0.05) is 37.9 Å². The highest BCUT2D eigenvalue weighted by atomic mass is 16.5. The third-order valence-corrected chi connectivity index (χ3v) is 8.21. The molecule has 10 nitrogen and oxygen atoms in total. The van der Waals surface area contributed by atoms with Crippen molar-refractivity contribution in [3.8, 4) is 11.5 Å². The number of hydrogen-bond acceptors (Lipinski definition) is 8. The predicted molar refractivity (Wildman–Crippen MR) is 159 cm³/mol. The summed E-state index contributed by atoms with van der Waals surface area (Å²) in [6.45, 7) is 2.99. The van der Waals surface area contributed by atoms with Gasteiger partial charge in [0.05, 0.1) is 30.8 Å². The van der Waals surface area contributed by atoms with Crippen LogP contribution >= 0.6 is 0 Å². The van der Waals surface area contributed by atoms with Crippen LogP contribution in [0.4, 0.5) is 5.95 Å². The molecule has 2 atom stereocenters. The van der Waals surface area contributed by atoms with E-state index < -0.39 is 5.97 Å². The Labute approximate surface area is 246 Å². The first-order valence-corrected chi connectivity index (χ1v) is 14.6. The van der Waals surface area contributed by atoms with E-state index in [1.807, 2.05) is 53.4 Å². The third-order valence-electron chi connectivity index (χ3n) is 8.21. The maximum atomic E-state index is 13.6. The highest BCUT2D eigenvalue weighted by Crippen LogP contribution is 2.33. The zero-order valence-corrected chi connectivity index (χ0v) is 24.1. The van der Waals surface area contributed by atoms with E-state index >= 15 is 0 Å². The van der Waals surface area contributed by atoms with Crippen molar-refractivity contribution in [3.05, 3.63) is 77.1 Å². The molecule has 1 amide bonds. The molecule has 3 N–H and O–H groups in total. The number of nitrogens with two attached hydrogens (primary N) is 1. The molecule has 2 fully saturated rings. The number of rotatable bonds is 11. The molecule has 222 valence electrons. The Balaban J connectivity index is 1.30. The molecule has 2 aromatic carbocycles.